The normalized spacial score (nSPS) is 21.9. The number of allylic oxidation sites excluding steroid dienone is 6. The minimum atomic E-state index is -4.53. The summed E-state index contributed by atoms with van der Waals surface area (Å²) in [6.45, 7) is 7.00. The first kappa shape index (κ1) is 64.6. The first-order chi connectivity index (χ1) is 32.7. The van der Waals surface area contributed by atoms with Crippen LogP contribution in [-0.4, -0.2) is 119 Å². The van der Waals surface area contributed by atoms with Gasteiger partial charge < -0.3 is 35.4 Å². The summed E-state index contributed by atoms with van der Waals surface area (Å²) in [5.74, 6) is -2.89. The first-order valence-electron chi connectivity index (χ1n) is 23.4. The smallest absolute Gasteiger partial charge is 0.748 e. The number of fused-ring (bicyclic) bond motifs is 3. The number of amides is 3. The fraction of sp³-hybridized carbons (Fsp3) is 0.609. The molecule has 4 rings (SSSR count). The summed E-state index contributed by atoms with van der Waals surface area (Å²) in [5, 5.41) is 38.3. The van der Waals surface area contributed by atoms with Crippen molar-refractivity contribution in [1.82, 2.24) is 21.0 Å². The zero-order chi connectivity index (χ0) is 50.7. The van der Waals surface area contributed by atoms with E-state index in [-0.39, 0.29) is 122 Å². The number of unbranched alkanes of at least 4 members (excludes halogenated alkanes) is 2. The molecule has 4 N–H and O–H groups in total. The van der Waals surface area contributed by atoms with Gasteiger partial charge in [0.05, 0.1) is 37.7 Å². The molecule has 0 fully saturated rings. The van der Waals surface area contributed by atoms with Crippen LogP contribution in [0.5, 0.6) is 0 Å². The molecule has 1 aromatic rings. The Morgan fingerprint density at radius 3 is 2.38 bits per heavy atom. The van der Waals surface area contributed by atoms with E-state index < -0.39 is 54.6 Å². The maximum Gasteiger partial charge on any atom is 1.00 e. The Balaban J connectivity index is 0.00000864. The van der Waals surface area contributed by atoms with Crippen molar-refractivity contribution >= 4 is 73.1 Å². The van der Waals surface area contributed by atoms with Gasteiger partial charge in [-0.25, -0.2) is 16.8 Å². The van der Waals surface area contributed by atoms with E-state index in [0.29, 0.717) is 112 Å². The molecule has 0 radical (unpaired) electrons. The molecule has 1 aromatic carbocycles. The molecule has 0 saturated heterocycles. The van der Waals surface area contributed by atoms with Gasteiger partial charge in [-0.05, 0) is 110 Å². The summed E-state index contributed by atoms with van der Waals surface area (Å²) in [6, 6.07) is 4.61. The maximum atomic E-state index is 13.3. The predicted molar refractivity (Wildman–Crippen MR) is 254 cm³/mol. The fourth-order valence-electron chi connectivity index (χ4n) is 8.89. The van der Waals surface area contributed by atoms with Crippen LogP contribution in [0.3, 0.4) is 0 Å². The summed E-state index contributed by atoms with van der Waals surface area (Å²) in [4.78, 5) is 51.3. The van der Waals surface area contributed by atoms with Crippen LogP contribution in [0.25, 0.3) is 0 Å². The van der Waals surface area contributed by atoms with Crippen molar-refractivity contribution in [2.75, 3.05) is 37.7 Å². The van der Waals surface area contributed by atoms with E-state index in [1.165, 1.54) is 0 Å². The molecule has 3 amide bonds. The Hall–Kier alpha value is -2.49. The molecule has 20 nitrogen and oxygen atoms in total. The molecular weight excluding hydrogens is 1000 g/mol. The number of nitrogens with one attached hydrogen (secondary N) is 3. The standard InChI is InChI=1S/C46H68N6O14S3.2Na/c1-34-45(2)26-24-41(53)47-27-13-11-17-37(44(57)48-28-12-5-10-21-43(55)56)49-42(54)20-9-6-14-29-51-38-23-22-35(67-66-65-58)33-36(38)46(3,25-15-31-68(59,60)61)39(51)18-7-4-8-19-40(45)52(50-34)30-16-32-69(62,63)64;;/h4,7-8,18-19,22-23,33,37H,5-6,9-17,20-21,24-32H2,1-3H3,(H6-,47,48,49,53,54,55,56,57,58,59,60,61,62,63,64);;/q;2*+1/p-2. The molecule has 3 heterocycles. The van der Waals surface area contributed by atoms with Gasteiger partial charge in [0.2, 0.25) is 23.4 Å². The Kier molecular flexibility index (Phi) is 28.6. The minimum Gasteiger partial charge on any atom is -0.748 e. The molecule has 3 aliphatic rings. The van der Waals surface area contributed by atoms with Crippen molar-refractivity contribution in [1.29, 1.82) is 0 Å². The van der Waals surface area contributed by atoms with Gasteiger partial charge in [0.25, 0.3) is 0 Å². The number of carbonyl (C=O) groups excluding carboxylic acids is 3. The molecule has 0 aromatic heterocycles. The van der Waals surface area contributed by atoms with Crippen LogP contribution in [0, 0.1) is 5.41 Å². The predicted octanol–water partition coefficient (Wildman–Crippen LogP) is -1.88. The van der Waals surface area contributed by atoms with Gasteiger partial charge in [0.1, 0.15) is 12.6 Å². The largest absolute Gasteiger partial charge is 1.00 e. The van der Waals surface area contributed by atoms with Gasteiger partial charge in [-0.15, -0.1) is 0 Å². The van der Waals surface area contributed by atoms with E-state index in [1.807, 2.05) is 51.1 Å². The number of rotatable bonds is 18. The molecule has 71 heavy (non-hydrogen) atoms. The van der Waals surface area contributed by atoms with Gasteiger partial charge in [-0.3, -0.25) is 29.2 Å². The number of carboxylic acid groups (broad SMARTS) is 1. The third kappa shape index (κ3) is 21.3. The van der Waals surface area contributed by atoms with E-state index in [4.69, 9.17) is 10.2 Å². The molecule has 0 saturated carbocycles. The van der Waals surface area contributed by atoms with Gasteiger partial charge in [-0.1, -0.05) is 24.6 Å². The van der Waals surface area contributed by atoms with E-state index in [9.17, 15) is 50.4 Å². The third-order valence-electron chi connectivity index (χ3n) is 12.7. The Bertz CT molecular complexity index is 2370. The van der Waals surface area contributed by atoms with Gasteiger partial charge >= 0.3 is 65.1 Å². The summed E-state index contributed by atoms with van der Waals surface area (Å²) < 4.78 is 76.5. The zero-order valence-corrected chi connectivity index (χ0v) is 48.0. The molecule has 0 aliphatic carbocycles. The second-order valence-electron chi connectivity index (χ2n) is 18.0. The van der Waals surface area contributed by atoms with Crippen LogP contribution in [0.1, 0.15) is 129 Å². The number of carbonyl (C=O) groups is 4. The number of aliphatic carboxylic acids is 1. The summed E-state index contributed by atoms with van der Waals surface area (Å²) >= 11 is 0.707. The number of benzene rings is 1. The molecule has 384 valence electrons. The van der Waals surface area contributed by atoms with Crippen molar-refractivity contribution in [3.8, 4) is 0 Å². The van der Waals surface area contributed by atoms with Crippen molar-refractivity contribution in [3.63, 3.8) is 0 Å². The van der Waals surface area contributed by atoms with Crippen LogP contribution in [0.2, 0.25) is 0 Å². The van der Waals surface area contributed by atoms with Gasteiger partial charge in [0, 0.05) is 96.2 Å². The average Bonchev–Trinajstić information content (AvgIpc) is 3.64. The number of nitrogens with zero attached hydrogens (tertiary/aromatic N) is 3. The molecule has 0 bridgehead atoms. The monoisotopic (exact) mass is 1070 g/mol. The van der Waals surface area contributed by atoms with Crippen molar-refractivity contribution in [3.05, 3.63) is 59.8 Å². The Morgan fingerprint density at radius 2 is 1.68 bits per heavy atom. The second-order valence-corrected chi connectivity index (χ2v) is 21.8. The minimum absolute atomic E-state index is 0. The van der Waals surface area contributed by atoms with Crippen LogP contribution >= 0.6 is 12.0 Å². The third-order valence-corrected chi connectivity index (χ3v) is 14.9. The summed E-state index contributed by atoms with van der Waals surface area (Å²) in [7, 11) is -9.01. The van der Waals surface area contributed by atoms with Crippen LogP contribution in [0.4, 0.5) is 5.69 Å². The zero-order valence-electron chi connectivity index (χ0n) is 41.6. The van der Waals surface area contributed by atoms with Gasteiger partial charge in [-0.2, -0.15) is 14.0 Å². The van der Waals surface area contributed by atoms with E-state index in [2.05, 4.69) is 29.9 Å². The molecule has 3 aliphatic heterocycles. The first-order valence-corrected chi connectivity index (χ1v) is 27.3. The van der Waals surface area contributed by atoms with Crippen LogP contribution in [-0.2, 0) is 54.2 Å². The summed E-state index contributed by atoms with van der Waals surface area (Å²) in [5.41, 5.74) is 2.18. The number of hydrazone groups is 1. The molecule has 25 heteroatoms. The van der Waals surface area contributed by atoms with Crippen LogP contribution in [0.15, 0.2) is 64.3 Å². The van der Waals surface area contributed by atoms with E-state index in [0.717, 1.165) is 17.0 Å². The Labute approximate surface area is 466 Å². The fourth-order valence-corrected chi connectivity index (χ4v) is 10.3. The Morgan fingerprint density at radius 1 is 0.944 bits per heavy atom. The van der Waals surface area contributed by atoms with Crippen molar-refractivity contribution in [2.24, 2.45) is 10.5 Å². The van der Waals surface area contributed by atoms with Crippen molar-refractivity contribution < 1.29 is 129 Å². The van der Waals surface area contributed by atoms with E-state index >= 15 is 0 Å². The average molecular weight is 1070 g/mol. The SMILES string of the molecule is CC1=NN(CCCS(=O)(=O)[O-])C2=CC=CC=CC3=[N+](CCCCCC(=O)NC(C(=O)NCCCCCC(=O)O)CCCCNC(=O)CCC21C)c1ccc(SOO[O-])cc1C3(C)CCCS(=O)(=O)[O-].[Na+].[Na+]. The topological polar surface area (TPSA) is 299 Å². The molecule has 0 spiro atoms. The molecule has 3 atom stereocenters. The number of carboxylic acids is 1. The summed E-state index contributed by atoms with van der Waals surface area (Å²) in [6.07, 6.45) is 15.0. The second kappa shape index (κ2) is 31.4. The quantitative estimate of drug-likeness (QED) is 0.0238. The van der Waals surface area contributed by atoms with Crippen LogP contribution < -0.4 is 80.3 Å². The van der Waals surface area contributed by atoms with Crippen molar-refractivity contribution in [2.45, 2.75) is 140 Å². The van der Waals surface area contributed by atoms with E-state index in [1.54, 1.807) is 23.2 Å². The molecule has 3 unspecified atom stereocenters. The number of hydrogen-bond donors (Lipinski definition) is 4. The maximum absolute atomic E-state index is 13.3. The molecular formula is C46H66N6Na2O14S3. The van der Waals surface area contributed by atoms with Gasteiger partial charge in [0.15, 0.2) is 5.71 Å². The number of hydrogen-bond acceptors (Lipinski definition) is 16.